The third kappa shape index (κ3) is 2.12. The molecule has 0 saturated carbocycles. The minimum Gasteiger partial charge on any atom is -0.454 e. The van der Waals surface area contributed by atoms with Gasteiger partial charge in [0.05, 0.1) is 0 Å². The van der Waals surface area contributed by atoms with Crippen molar-refractivity contribution in [1.29, 1.82) is 0 Å². The van der Waals surface area contributed by atoms with Crippen molar-refractivity contribution in [1.82, 2.24) is 0 Å². The van der Waals surface area contributed by atoms with Gasteiger partial charge >= 0.3 is 0 Å². The SMILES string of the molecule is C=C1Oc2cc(Cl)ccc2C(c2ccc(C)cc2)=C1F. The predicted molar refractivity (Wildman–Crippen MR) is 79.5 cm³/mol. The second kappa shape index (κ2) is 4.80. The molecule has 0 fully saturated rings. The normalized spacial score (nSPS) is 14.1. The van der Waals surface area contributed by atoms with Gasteiger partial charge in [0, 0.05) is 22.2 Å². The Morgan fingerprint density at radius 3 is 2.50 bits per heavy atom. The van der Waals surface area contributed by atoms with Gasteiger partial charge in [-0.3, -0.25) is 0 Å². The van der Waals surface area contributed by atoms with Crippen molar-refractivity contribution < 1.29 is 9.13 Å². The Labute approximate surface area is 122 Å². The zero-order chi connectivity index (χ0) is 14.3. The lowest BCUT2D eigenvalue weighted by molar-refractivity contribution is 0.398. The Hall–Kier alpha value is -2.06. The van der Waals surface area contributed by atoms with Gasteiger partial charge in [-0.25, -0.2) is 4.39 Å². The zero-order valence-corrected chi connectivity index (χ0v) is 11.7. The van der Waals surface area contributed by atoms with Crippen LogP contribution in [-0.4, -0.2) is 0 Å². The molecule has 1 nitrogen and oxygen atoms in total. The van der Waals surface area contributed by atoms with Gasteiger partial charge in [-0.2, -0.15) is 0 Å². The molecule has 0 amide bonds. The first-order valence-corrected chi connectivity index (χ1v) is 6.58. The highest BCUT2D eigenvalue weighted by atomic mass is 35.5. The number of ether oxygens (including phenoxy) is 1. The van der Waals surface area contributed by atoms with Crippen LogP contribution in [0.1, 0.15) is 16.7 Å². The molecule has 100 valence electrons. The van der Waals surface area contributed by atoms with Crippen LogP contribution in [0.2, 0.25) is 5.02 Å². The number of aryl methyl sites for hydroxylation is 1. The highest BCUT2D eigenvalue weighted by Crippen LogP contribution is 2.42. The van der Waals surface area contributed by atoms with Crippen LogP contribution >= 0.6 is 11.6 Å². The molecule has 0 aliphatic carbocycles. The highest BCUT2D eigenvalue weighted by Gasteiger charge is 2.25. The average Bonchev–Trinajstić information content (AvgIpc) is 2.42. The number of rotatable bonds is 1. The predicted octanol–water partition coefficient (Wildman–Crippen LogP) is 5.28. The van der Waals surface area contributed by atoms with Gasteiger partial charge in [-0.1, -0.05) is 48.0 Å². The van der Waals surface area contributed by atoms with Crippen LogP contribution < -0.4 is 4.74 Å². The van der Waals surface area contributed by atoms with Gasteiger partial charge in [0.25, 0.3) is 0 Å². The summed E-state index contributed by atoms with van der Waals surface area (Å²) in [5.74, 6) is 0.0958. The summed E-state index contributed by atoms with van der Waals surface area (Å²) >= 11 is 5.96. The minimum atomic E-state index is -0.441. The molecule has 3 heteroatoms. The number of hydrogen-bond acceptors (Lipinski definition) is 1. The molecule has 0 aromatic heterocycles. The molecular weight excluding hydrogens is 275 g/mol. The van der Waals surface area contributed by atoms with Crippen molar-refractivity contribution >= 4 is 17.2 Å². The summed E-state index contributed by atoms with van der Waals surface area (Å²) in [6, 6.07) is 12.8. The summed E-state index contributed by atoms with van der Waals surface area (Å²) in [5, 5.41) is 0.544. The van der Waals surface area contributed by atoms with Crippen molar-refractivity contribution in [3.8, 4) is 5.75 Å². The molecule has 0 saturated heterocycles. The van der Waals surface area contributed by atoms with E-state index in [0.717, 1.165) is 11.1 Å². The number of fused-ring (bicyclic) bond motifs is 1. The van der Waals surface area contributed by atoms with Crippen molar-refractivity contribution in [3.05, 3.63) is 82.3 Å². The molecule has 1 aliphatic heterocycles. The molecule has 20 heavy (non-hydrogen) atoms. The van der Waals surface area contributed by atoms with E-state index in [1.807, 2.05) is 31.2 Å². The Balaban J connectivity index is 2.24. The quantitative estimate of drug-likeness (QED) is 0.693. The van der Waals surface area contributed by atoms with E-state index in [1.54, 1.807) is 18.2 Å². The lowest BCUT2D eigenvalue weighted by Gasteiger charge is -2.22. The van der Waals surface area contributed by atoms with Crippen LogP contribution in [0, 0.1) is 6.92 Å². The van der Waals surface area contributed by atoms with E-state index in [-0.39, 0.29) is 5.76 Å². The minimum absolute atomic E-state index is 0.00958. The van der Waals surface area contributed by atoms with Gasteiger partial charge < -0.3 is 4.74 Å². The molecule has 0 bridgehead atoms. The van der Waals surface area contributed by atoms with Gasteiger partial charge in [0.1, 0.15) is 5.75 Å². The maximum atomic E-state index is 14.4. The lowest BCUT2D eigenvalue weighted by atomic mass is 9.93. The smallest absolute Gasteiger partial charge is 0.173 e. The summed E-state index contributed by atoms with van der Waals surface area (Å²) in [7, 11) is 0. The van der Waals surface area contributed by atoms with E-state index in [4.69, 9.17) is 16.3 Å². The standard InChI is InChI=1S/C17H12ClFO/c1-10-3-5-12(6-4-10)16-14-8-7-13(18)9-15(14)20-11(2)17(16)19/h3-9H,2H2,1H3. The second-order valence-corrected chi connectivity index (χ2v) is 5.16. The monoisotopic (exact) mass is 286 g/mol. The Morgan fingerprint density at radius 2 is 1.80 bits per heavy atom. The summed E-state index contributed by atoms with van der Waals surface area (Å²) in [6.07, 6.45) is 0. The third-order valence-electron chi connectivity index (χ3n) is 3.25. The Morgan fingerprint density at radius 1 is 1.10 bits per heavy atom. The van der Waals surface area contributed by atoms with Gasteiger partial charge in [-0.05, 0) is 24.6 Å². The third-order valence-corrected chi connectivity index (χ3v) is 3.49. The molecule has 1 heterocycles. The van der Waals surface area contributed by atoms with Gasteiger partial charge in [0.15, 0.2) is 11.6 Å². The molecule has 2 aromatic rings. The van der Waals surface area contributed by atoms with Crippen LogP contribution in [0.4, 0.5) is 4.39 Å². The van der Waals surface area contributed by atoms with E-state index in [9.17, 15) is 4.39 Å². The van der Waals surface area contributed by atoms with E-state index in [0.29, 0.717) is 21.9 Å². The van der Waals surface area contributed by atoms with E-state index in [1.165, 1.54) is 0 Å². The van der Waals surface area contributed by atoms with E-state index >= 15 is 0 Å². The molecular formula is C17H12ClFO. The highest BCUT2D eigenvalue weighted by molar-refractivity contribution is 6.30. The second-order valence-electron chi connectivity index (χ2n) is 4.72. The molecule has 1 aliphatic rings. The molecule has 0 atom stereocenters. The van der Waals surface area contributed by atoms with Gasteiger partial charge in [0.2, 0.25) is 0 Å². The lowest BCUT2D eigenvalue weighted by Crippen LogP contribution is -2.07. The van der Waals surface area contributed by atoms with Crippen LogP contribution in [0.25, 0.3) is 5.57 Å². The molecule has 2 aromatic carbocycles. The zero-order valence-electron chi connectivity index (χ0n) is 10.9. The molecule has 0 unspecified atom stereocenters. The van der Waals surface area contributed by atoms with E-state index in [2.05, 4.69) is 6.58 Å². The maximum Gasteiger partial charge on any atom is 0.173 e. The summed E-state index contributed by atoms with van der Waals surface area (Å²) in [5.41, 5.74) is 3.09. The Bertz CT molecular complexity index is 729. The molecule has 0 spiro atoms. The number of benzene rings is 2. The molecule has 0 N–H and O–H groups in total. The number of allylic oxidation sites excluding steroid dienone is 1. The largest absolute Gasteiger partial charge is 0.454 e. The fraction of sp³-hybridized carbons (Fsp3) is 0.0588. The van der Waals surface area contributed by atoms with Crippen LogP contribution in [0.15, 0.2) is 60.6 Å². The average molecular weight is 287 g/mol. The first-order valence-electron chi connectivity index (χ1n) is 6.20. The van der Waals surface area contributed by atoms with Crippen molar-refractivity contribution in [2.45, 2.75) is 6.92 Å². The number of hydrogen-bond donors (Lipinski definition) is 0. The van der Waals surface area contributed by atoms with Crippen LogP contribution in [0.3, 0.4) is 0 Å². The maximum absolute atomic E-state index is 14.4. The summed E-state index contributed by atoms with van der Waals surface area (Å²) in [4.78, 5) is 0. The summed E-state index contributed by atoms with van der Waals surface area (Å²) in [6.45, 7) is 5.61. The Kier molecular flexibility index (Phi) is 3.11. The topological polar surface area (TPSA) is 9.23 Å². The van der Waals surface area contributed by atoms with Gasteiger partial charge in [-0.15, -0.1) is 0 Å². The summed E-state index contributed by atoms with van der Waals surface area (Å²) < 4.78 is 19.8. The first-order chi connectivity index (χ1) is 9.56. The van der Waals surface area contributed by atoms with Crippen molar-refractivity contribution in [3.63, 3.8) is 0 Å². The van der Waals surface area contributed by atoms with Crippen molar-refractivity contribution in [2.24, 2.45) is 0 Å². The number of halogens is 2. The molecule has 3 rings (SSSR count). The first kappa shape index (κ1) is 12.9. The van der Waals surface area contributed by atoms with Crippen LogP contribution in [0.5, 0.6) is 5.75 Å². The van der Waals surface area contributed by atoms with Crippen LogP contribution in [-0.2, 0) is 0 Å². The van der Waals surface area contributed by atoms with E-state index < -0.39 is 5.83 Å². The molecule has 0 radical (unpaired) electrons. The van der Waals surface area contributed by atoms with Crippen molar-refractivity contribution in [2.75, 3.05) is 0 Å². The fourth-order valence-electron chi connectivity index (χ4n) is 2.22. The fourth-order valence-corrected chi connectivity index (χ4v) is 2.39.